The van der Waals surface area contributed by atoms with E-state index in [0.29, 0.717) is 0 Å². The van der Waals surface area contributed by atoms with E-state index in [0.717, 1.165) is 37.9 Å². The molecule has 2 atom stereocenters. The topological polar surface area (TPSA) is 45.2 Å². The van der Waals surface area contributed by atoms with Gasteiger partial charge in [-0.15, -0.1) is 0 Å². The third-order valence-corrected chi connectivity index (χ3v) is 3.90. The van der Waals surface area contributed by atoms with Crippen LogP contribution in [0.15, 0.2) is 18.3 Å². The Hall–Kier alpha value is -1.79. The molecule has 20 heavy (non-hydrogen) atoms. The summed E-state index contributed by atoms with van der Waals surface area (Å²) in [5, 5.41) is 2.85. The van der Waals surface area contributed by atoms with E-state index in [9.17, 15) is 18.0 Å². The van der Waals surface area contributed by atoms with E-state index in [1.165, 1.54) is 11.0 Å². The van der Waals surface area contributed by atoms with Crippen molar-refractivity contribution in [1.82, 2.24) is 10.3 Å². The van der Waals surface area contributed by atoms with Gasteiger partial charge in [0.25, 0.3) is 0 Å². The van der Waals surface area contributed by atoms with Crippen molar-refractivity contribution in [2.75, 3.05) is 4.90 Å². The number of halogens is 3. The number of urea groups is 1. The molecule has 7 heteroatoms. The highest BCUT2D eigenvalue weighted by molar-refractivity contribution is 5.95. The minimum absolute atomic E-state index is 0.0405. The molecule has 0 bridgehead atoms. The number of aromatic nitrogens is 1. The Bertz CT molecular complexity index is 532. The van der Waals surface area contributed by atoms with E-state index >= 15 is 0 Å². The first-order valence-electron chi connectivity index (χ1n) is 6.60. The molecule has 1 aliphatic heterocycles. The maximum Gasteiger partial charge on any atom is 0.433 e. The molecular weight excluding hydrogens is 271 g/mol. The minimum Gasteiger partial charge on any atom is -0.333 e. The van der Waals surface area contributed by atoms with Crippen molar-refractivity contribution in [3.05, 3.63) is 24.0 Å². The van der Waals surface area contributed by atoms with Gasteiger partial charge >= 0.3 is 12.2 Å². The van der Waals surface area contributed by atoms with Crippen LogP contribution in [0, 0.1) is 0 Å². The average molecular weight is 285 g/mol. The Morgan fingerprint density at radius 1 is 1.30 bits per heavy atom. The van der Waals surface area contributed by atoms with Crippen LogP contribution in [0.1, 0.15) is 31.4 Å². The number of carbonyl (C=O) groups is 1. The van der Waals surface area contributed by atoms with Gasteiger partial charge in [0.05, 0.1) is 12.1 Å². The molecule has 3 rings (SSSR count). The monoisotopic (exact) mass is 285 g/mol. The van der Waals surface area contributed by atoms with Crippen LogP contribution < -0.4 is 10.2 Å². The molecule has 2 unspecified atom stereocenters. The zero-order valence-corrected chi connectivity index (χ0v) is 10.7. The van der Waals surface area contributed by atoms with Crippen molar-refractivity contribution in [2.45, 2.75) is 43.9 Å². The van der Waals surface area contributed by atoms with Crippen molar-refractivity contribution in [3.8, 4) is 0 Å². The predicted molar refractivity (Wildman–Crippen MR) is 66.3 cm³/mol. The van der Waals surface area contributed by atoms with Crippen LogP contribution in [-0.2, 0) is 6.18 Å². The van der Waals surface area contributed by atoms with Gasteiger partial charge in [-0.05, 0) is 25.0 Å². The molecule has 2 aliphatic rings. The smallest absolute Gasteiger partial charge is 0.333 e. The lowest BCUT2D eigenvalue weighted by atomic mass is 9.91. The number of fused-ring (bicyclic) bond motifs is 1. The molecule has 0 aromatic carbocycles. The summed E-state index contributed by atoms with van der Waals surface area (Å²) in [7, 11) is 0. The second kappa shape index (κ2) is 4.64. The molecule has 0 spiro atoms. The van der Waals surface area contributed by atoms with E-state index in [1.54, 1.807) is 0 Å². The fraction of sp³-hybridized carbons (Fsp3) is 0.538. The fourth-order valence-electron chi connectivity index (χ4n) is 3.00. The van der Waals surface area contributed by atoms with Gasteiger partial charge in [-0.3, -0.25) is 9.88 Å². The van der Waals surface area contributed by atoms with Gasteiger partial charge in [0.1, 0.15) is 5.69 Å². The molecule has 4 nitrogen and oxygen atoms in total. The molecule has 1 N–H and O–H groups in total. The average Bonchev–Trinajstić information content (AvgIpc) is 2.73. The van der Waals surface area contributed by atoms with E-state index in [-0.39, 0.29) is 23.8 Å². The number of carbonyl (C=O) groups excluding carboxylic acids is 1. The second-order valence-corrected chi connectivity index (χ2v) is 5.17. The zero-order valence-electron chi connectivity index (χ0n) is 10.7. The third kappa shape index (κ3) is 2.21. The molecule has 1 aromatic rings. The van der Waals surface area contributed by atoms with Crippen LogP contribution in [0.5, 0.6) is 0 Å². The molecule has 0 radical (unpaired) electrons. The molecule has 1 aromatic heterocycles. The fourth-order valence-corrected chi connectivity index (χ4v) is 3.00. The maximum absolute atomic E-state index is 12.7. The number of alkyl halides is 3. The van der Waals surface area contributed by atoms with Crippen LogP contribution in [0.4, 0.5) is 23.7 Å². The second-order valence-electron chi connectivity index (χ2n) is 5.17. The summed E-state index contributed by atoms with van der Waals surface area (Å²) in [6, 6.07) is 2.06. The molecule has 2 fully saturated rings. The summed E-state index contributed by atoms with van der Waals surface area (Å²) in [5.74, 6) is 0. The molecule has 108 valence electrons. The van der Waals surface area contributed by atoms with Crippen molar-refractivity contribution in [1.29, 1.82) is 0 Å². The third-order valence-electron chi connectivity index (χ3n) is 3.90. The lowest BCUT2D eigenvalue weighted by Gasteiger charge is -2.30. The number of anilines is 1. The zero-order chi connectivity index (χ0) is 14.3. The number of nitrogens with one attached hydrogen (secondary N) is 1. The van der Waals surface area contributed by atoms with Gasteiger partial charge in [-0.2, -0.15) is 13.2 Å². The van der Waals surface area contributed by atoms with E-state index in [2.05, 4.69) is 10.3 Å². The van der Waals surface area contributed by atoms with Gasteiger partial charge in [0.2, 0.25) is 0 Å². The molecule has 1 saturated heterocycles. The number of amides is 2. The summed E-state index contributed by atoms with van der Waals surface area (Å²) < 4.78 is 38.1. The Labute approximate surface area is 114 Å². The van der Waals surface area contributed by atoms with Crippen LogP contribution in [0.2, 0.25) is 0 Å². The Balaban J connectivity index is 1.94. The molecule has 1 saturated carbocycles. The van der Waals surface area contributed by atoms with E-state index in [4.69, 9.17) is 0 Å². The van der Waals surface area contributed by atoms with Crippen LogP contribution >= 0.6 is 0 Å². The lowest BCUT2D eigenvalue weighted by Crippen LogP contribution is -2.39. The van der Waals surface area contributed by atoms with Gasteiger partial charge < -0.3 is 5.32 Å². The molecule has 2 heterocycles. The summed E-state index contributed by atoms with van der Waals surface area (Å²) in [6.45, 7) is 0. The van der Waals surface area contributed by atoms with E-state index in [1.807, 2.05) is 0 Å². The highest BCUT2D eigenvalue weighted by Crippen LogP contribution is 2.34. The van der Waals surface area contributed by atoms with Crippen molar-refractivity contribution in [3.63, 3.8) is 0 Å². The largest absolute Gasteiger partial charge is 0.433 e. The lowest BCUT2D eigenvalue weighted by molar-refractivity contribution is -0.141. The standard InChI is InChI=1S/C13H14F3N3O/c14-13(15,16)11-7-8(5-6-17-11)19-10-4-2-1-3-9(10)18-12(19)20/h5-7,9-10H,1-4H2,(H,18,20). The highest BCUT2D eigenvalue weighted by atomic mass is 19.4. The highest BCUT2D eigenvalue weighted by Gasteiger charge is 2.42. The maximum atomic E-state index is 12.7. The van der Waals surface area contributed by atoms with Crippen LogP contribution in [-0.4, -0.2) is 23.1 Å². The normalized spacial score (nSPS) is 26.4. The number of pyridine rings is 1. The summed E-state index contributed by atoms with van der Waals surface area (Å²) >= 11 is 0. The molecular formula is C13H14F3N3O. The summed E-state index contributed by atoms with van der Waals surface area (Å²) in [5.41, 5.74) is -0.707. The Morgan fingerprint density at radius 3 is 2.80 bits per heavy atom. The number of nitrogens with zero attached hydrogens (tertiary/aromatic N) is 2. The Kier molecular flexibility index (Phi) is 3.07. The predicted octanol–water partition coefficient (Wildman–Crippen LogP) is 2.94. The Morgan fingerprint density at radius 2 is 2.05 bits per heavy atom. The SMILES string of the molecule is O=C1NC2CCCCC2N1c1ccnc(C(F)(F)F)c1. The van der Waals surface area contributed by atoms with E-state index < -0.39 is 11.9 Å². The van der Waals surface area contributed by atoms with Gasteiger partial charge in [0, 0.05) is 11.9 Å². The molecule has 2 amide bonds. The number of rotatable bonds is 1. The number of hydrogen-bond donors (Lipinski definition) is 1. The first kappa shape index (κ1) is 13.2. The number of hydrogen-bond acceptors (Lipinski definition) is 2. The summed E-state index contributed by atoms with van der Waals surface area (Å²) in [4.78, 5) is 16.8. The minimum atomic E-state index is -4.50. The van der Waals surface area contributed by atoms with Crippen LogP contribution in [0.25, 0.3) is 0 Å². The van der Waals surface area contributed by atoms with Crippen molar-refractivity contribution >= 4 is 11.7 Å². The first-order valence-corrected chi connectivity index (χ1v) is 6.60. The van der Waals surface area contributed by atoms with Crippen molar-refractivity contribution < 1.29 is 18.0 Å². The van der Waals surface area contributed by atoms with Gasteiger partial charge in [-0.25, -0.2) is 4.79 Å². The quantitative estimate of drug-likeness (QED) is 0.862. The van der Waals surface area contributed by atoms with Gasteiger partial charge in [-0.1, -0.05) is 12.8 Å². The van der Waals surface area contributed by atoms with Crippen molar-refractivity contribution in [2.24, 2.45) is 0 Å². The van der Waals surface area contributed by atoms with Gasteiger partial charge in [0.15, 0.2) is 0 Å². The summed E-state index contributed by atoms with van der Waals surface area (Å²) in [6.07, 6.45) is 0.320. The first-order chi connectivity index (χ1) is 9.47. The van der Waals surface area contributed by atoms with Crippen LogP contribution in [0.3, 0.4) is 0 Å². The molecule has 1 aliphatic carbocycles.